The van der Waals surface area contributed by atoms with Crippen molar-refractivity contribution in [2.75, 3.05) is 0 Å². The topological polar surface area (TPSA) is 301 Å². The molecule has 6 aromatic carbocycles. The van der Waals surface area contributed by atoms with Crippen molar-refractivity contribution in [1.82, 2.24) is 28.3 Å². The van der Waals surface area contributed by atoms with E-state index in [0.717, 1.165) is 38.9 Å². The van der Waals surface area contributed by atoms with Crippen molar-refractivity contribution in [2.45, 2.75) is 306 Å². The lowest BCUT2D eigenvalue weighted by molar-refractivity contribution is 0.485. The average molecular weight is 1760 g/mol. The highest BCUT2D eigenvalue weighted by Gasteiger charge is 2.31. The SMILES string of the molecule is CC(C)NS(=O)(=O)c1ccc(C(C)C)cc1Cl.CC(C)c1cc(Cl)c(S(=O)(=O)NC(C)(C)C)c(Cl)c1.CC(C)c1ccc(S(=O)(=O)NC(C)(C)C)c(Br)c1.CC(C)c1ccc(S(=O)(=O)NC(C)(C)C)c(C#N)c1.CC(C)c1ccc(S(=O)(=O)NC(C)(C)C)c(F)c1.Cc1cc(C(C)C)ccc1S(=O)(=O)NC(C)(C)C. The van der Waals surface area contributed by atoms with Gasteiger partial charge in [0.2, 0.25) is 60.1 Å². The maximum atomic E-state index is 13.9. The second-order valence-corrected chi connectivity index (χ2v) is 45.7. The van der Waals surface area contributed by atoms with Crippen molar-refractivity contribution in [2.24, 2.45) is 0 Å². The highest BCUT2D eigenvalue weighted by molar-refractivity contribution is 9.10. The quantitative estimate of drug-likeness (QED) is 0.0440. The molecular formula is C79H120BrCl3FN7O12S6. The van der Waals surface area contributed by atoms with E-state index in [-0.39, 0.29) is 68.9 Å². The molecule has 109 heavy (non-hydrogen) atoms. The molecule has 0 fully saturated rings. The molecule has 0 unspecified atom stereocenters. The van der Waals surface area contributed by atoms with Crippen molar-refractivity contribution < 1.29 is 54.9 Å². The van der Waals surface area contributed by atoms with Gasteiger partial charge in [-0.25, -0.2) is 83.2 Å². The Labute approximate surface area is 679 Å². The lowest BCUT2D eigenvalue weighted by Gasteiger charge is -2.21. The van der Waals surface area contributed by atoms with Gasteiger partial charge >= 0.3 is 0 Å². The summed E-state index contributed by atoms with van der Waals surface area (Å²) in [5, 5.41) is 9.70. The summed E-state index contributed by atoms with van der Waals surface area (Å²) in [5.74, 6) is 1.01. The molecule has 6 rings (SSSR count). The predicted molar refractivity (Wildman–Crippen MR) is 451 cm³/mol. The maximum Gasteiger partial charge on any atom is 0.244 e. The molecule has 0 aliphatic heterocycles. The number of sulfonamides is 6. The van der Waals surface area contributed by atoms with E-state index in [1.54, 1.807) is 137 Å². The van der Waals surface area contributed by atoms with E-state index in [2.05, 4.69) is 72.0 Å². The maximum absolute atomic E-state index is 13.9. The fraction of sp³-hybridized carbons (Fsp3) is 0.532. The number of hydrogen-bond donors (Lipinski definition) is 6. The molecule has 0 aromatic heterocycles. The zero-order chi connectivity index (χ0) is 85.5. The molecule has 0 amide bonds. The van der Waals surface area contributed by atoms with Gasteiger partial charge in [-0.3, -0.25) is 0 Å². The van der Waals surface area contributed by atoms with E-state index in [4.69, 9.17) is 40.1 Å². The van der Waals surface area contributed by atoms with Crippen LogP contribution in [-0.2, 0) is 60.1 Å². The number of halogens is 5. The summed E-state index contributed by atoms with van der Waals surface area (Å²) in [7, 11) is -21.7. The molecule has 0 radical (unpaired) electrons. The average Bonchev–Trinajstić information content (AvgIpc) is 0.779. The molecule has 0 spiro atoms. The standard InChI is InChI=1S/C14H20N2O2S.C14H23NO2S.C13H20BrNO2S.C13H19Cl2NO2S.C13H20FNO2S.C12H18ClNO2S/c1-10(2)11-6-7-13(12(8-11)9-15)19(17,18)16-14(3,4)5;1-10(2)12-7-8-13(11(3)9-12)18(16,17)15-14(4,5)6;1-9(2)10-6-7-12(11(14)8-10)18(16,17)15-13(3,4)5;1-8(2)9-6-10(14)12(11(15)7-9)19(17,18)16-13(3,4)5;1-9(2)10-6-7-12(11(14)8-10)18(16,17)15-13(3,4)5;1-8(2)10-5-6-12(11(13)7-10)17(15,16)14-9(3)4/h6-8,10,16H,1-5H3;7-10,15H,1-6H3;6-9,15H,1-5H3;6-8,16H,1-5H3;6-9,15H,1-5H3;5-9,14H,1-4H3. The van der Waals surface area contributed by atoms with Crippen LogP contribution in [0.1, 0.15) is 281 Å². The van der Waals surface area contributed by atoms with Crippen LogP contribution >= 0.6 is 50.7 Å². The molecule has 0 saturated heterocycles. The van der Waals surface area contributed by atoms with Crippen molar-refractivity contribution in [3.05, 3.63) is 173 Å². The van der Waals surface area contributed by atoms with Crippen molar-refractivity contribution in [1.29, 1.82) is 5.26 Å². The largest absolute Gasteiger partial charge is 0.244 e. The predicted octanol–water partition coefficient (Wildman–Crippen LogP) is 20.0. The molecule has 0 atom stereocenters. The Morgan fingerprint density at radius 2 is 0.624 bits per heavy atom. The van der Waals surface area contributed by atoms with E-state index in [1.807, 2.05) is 134 Å². The first kappa shape index (κ1) is 103. The van der Waals surface area contributed by atoms with Gasteiger partial charge in [-0.2, -0.15) is 5.26 Å². The molecule has 0 heterocycles. The van der Waals surface area contributed by atoms with Crippen LogP contribution in [-0.4, -0.2) is 84.2 Å². The summed E-state index contributed by atoms with van der Waals surface area (Å²) in [6.45, 7) is 56.3. The first-order valence-corrected chi connectivity index (χ1v) is 46.4. The van der Waals surface area contributed by atoms with Gasteiger partial charge in [0.05, 0.1) is 35.3 Å². The number of benzene rings is 6. The molecule has 0 bridgehead atoms. The minimum Gasteiger partial charge on any atom is -0.209 e. The number of hydrogen-bond acceptors (Lipinski definition) is 13. The minimum absolute atomic E-state index is 0.0364. The van der Waals surface area contributed by atoms with Crippen LogP contribution in [0.2, 0.25) is 15.1 Å². The Hall–Kier alpha value is -4.45. The second kappa shape index (κ2) is 40.7. The molecule has 0 aliphatic rings. The summed E-state index contributed by atoms with van der Waals surface area (Å²) in [5.41, 5.74) is 4.13. The van der Waals surface area contributed by atoms with Crippen LogP contribution in [0.25, 0.3) is 0 Å². The van der Waals surface area contributed by atoms with Crippen LogP contribution < -0.4 is 28.3 Å². The zero-order valence-corrected chi connectivity index (χ0v) is 77.8. The number of nitrogens with one attached hydrogen (secondary N) is 6. The third-order valence-electron chi connectivity index (χ3n) is 14.5. The van der Waals surface area contributed by atoms with E-state index in [0.29, 0.717) is 27.1 Å². The Morgan fingerprint density at radius 3 is 0.945 bits per heavy atom. The molecule has 19 nitrogen and oxygen atoms in total. The highest BCUT2D eigenvalue weighted by Crippen LogP contribution is 2.35. The molecular weight excluding hydrogens is 1640 g/mol. The first-order chi connectivity index (χ1) is 48.8. The summed E-state index contributed by atoms with van der Waals surface area (Å²) < 4.78 is 176. The van der Waals surface area contributed by atoms with Gasteiger partial charge in [0.1, 0.15) is 26.6 Å². The molecule has 0 saturated carbocycles. The number of rotatable bonds is 19. The van der Waals surface area contributed by atoms with Crippen molar-refractivity contribution in [3.63, 3.8) is 0 Å². The van der Waals surface area contributed by atoms with Crippen molar-refractivity contribution in [3.8, 4) is 6.07 Å². The van der Waals surface area contributed by atoms with Crippen molar-refractivity contribution >= 4 is 111 Å². The second-order valence-electron chi connectivity index (χ2n) is 33.8. The van der Waals surface area contributed by atoms with Crippen LogP contribution in [0.15, 0.2) is 137 Å². The van der Waals surface area contributed by atoms with Gasteiger partial charge in [0, 0.05) is 38.2 Å². The van der Waals surface area contributed by atoms with Gasteiger partial charge in [-0.1, -0.05) is 154 Å². The summed E-state index contributed by atoms with van der Waals surface area (Å²) in [6.07, 6.45) is 0. The molecule has 6 aromatic rings. The smallest absolute Gasteiger partial charge is 0.209 e. The summed E-state index contributed by atoms with van der Waals surface area (Å²) in [4.78, 5) is 0.451. The van der Waals surface area contributed by atoms with E-state index >= 15 is 0 Å². The Morgan fingerprint density at radius 1 is 0.349 bits per heavy atom. The monoisotopic (exact) mass is 1750 g/mol. The van der Waals surface area contributed by atoms with E-state index in [9.17, 15) is 54.9 Å². The van der Waals surface area contributed by atoms with E-state index < -0.39 is 93.7 Å². The van der Waals surface area contributed by atoms with Crippen LogP contribution in [0, 0.1) is 24.1 Å². The molecule has 30 heteroatoms. The molecule has 0 aliphatic carbocycles. The van der Waals surface area contributed by atoms with Crippen LogP contribution in [0.4, 0.5) is 4.39 Å². The Balaban J connectivity index is 0.000000654. The van der Waals surface area contributed by atoms with Gasteiger partial charge in [0.25, 0.3) is 0 Å². The van der Waals surface area contributed by atoms with E-state index in [1.165, 1.54) is 18.2 Å². The van der Waals surface area contributed by atoms with Crippen LogP contribution in [0.3, 0.4) is 0 Å². The summed E-state index contributed by atoms with van der Waals surface area (Å²) in [6, 6.07) is 30.2. The van der Waals surface area contributed by atoms with Crippen LogP contribution in [0.5, 0.6) is 0 Å². The number of aryl methyl sites for hydroxylation is 1. The third kappa shape index (κ3) is 35.5. The fourth-order valence-corrected chi connectivity index (χ4v) is 21.3. The fourth-order valence-electron chi connectivity index (χ4n) is 9.67. The minimum atomic E-state index is -3.82. The Kier molecular flexibility index (Phi) is 38.3. The first-order valence-electron chi connectivity index (χ1n) is 35.6. The van der Waals surface area contributed by atoms with Gasteiger partial charge in [-0.15, -0.1) is 0 Å². The number of nitriles is 1. The lowest BCUT2D eigenvalue weighted by Crippen LogP contribution is -2.40. The normalized spacial score (nSPS) is 12.9. The van der Waals surface area contributed by atoms with Gasteiger partial charge in [-0.05, 0) is 282 Å². The zero-order valence-electron chi connectivity index (χ0n) is 69.0. The third-order valence-corrected chi connectivity index (χ3v) is 27.6. The van der Waals surface area contributed by atoms with Gasteiger partial charge < -0.3 is 0 Å². The highest BCUT2D eigenvalue weighted by atomic mass is 79.9. The molecule has 6 N–H and O–H groups in total. The Bertz CT molecular complexity index is 4590. The number of nitrogens with zero attached hydrogens (tertiary/aromatic N) is 1. The molecule has 614 valence electrons. The lowest BCUT2D eigenvalue weighted by atomic mass is 10.0. The summed E-state index contributed by atoms with van der Waals surface area (Å²) >= 11 is 21.5. The van der Waals surface area contributed by atoms with Gasteiger partial charge in [0.15, 0.2) is 0 Å².